The van der Waals surface area contributed by atoms with Gasteiger partial charge in [0, 0.05) is 42.3 Å². The fourth-order valence-corrected chi connectivity index (χ4v) is 4.47. The van der Waals surface area contributed by atoms with Crippen LogP contribution in [0.1, 0.15) is 39.7 Å². The molecule has 0 saturated heterocycles. The molecule has 1 N–H and O–H groups in total. The van der Waals surface area contributed by atoms with E-state index < -0.39 is 0 Å². The number of rotatable bonds is 7. The molecule has 4 aromatic rings. The Labute approximate surface area is 184 Å². The van der Waals surface area contributed by atoms with Crippen LogP contribution in [0.5, 0.6) is 5.75 Å². The summed E-state index contributed by atoms with van der Waals surface area (Å²) in [7, 11) is 0. The maximum atomic E-state index is 13.2. The summed E-state index contributed by atoms with van der Waals surface area (Å²) >= 11 is 1.44. The van der Waals surface area contributed by atoms with Crippen LogP contribution in [-0.2, 0) is 13.0 Å². The minimum absolute atomic E-state index is 0.0328. The number of aromatic hydroxyl groups is 1. The second kappa shape index (κ2) is 9.14. The third-order valence-electron chi connectivity index (χ3n) is 5.04. The molecule has 2 heterocycles. The van der Waals surface area contributed by atoms with Crippen molar-refractivity contribution < 1.29 is 9.90 Å². The number of nitrogens with zero attached hydrogens (tertiary/aromatic N) is 3. The SMILES string of the molecule is CCCN(Cc1ccccc1O)C(=O)c1cnc2sc(Cc3ccccc3)cn2c1=O. The molecule has 0 bridgehead atoms. The Bertz CT molecular complexity index is 1260. The van der Waals surface area contributed by atoms with Gasteiger partial charge in [0.05, 0.1) is 0 Å². The number of hydrogen-bond acceptors (Lipinski definition) is 5. The quantitative estimate of drug-likeness (QED) is 0.476. The van der Waals surface area contributed by atoms with Gasteiger partial charge >= 0.3 is 0 Å². The lowest BCUT2D eigenvalue weighted by Crippen LogP contribution is -2.36. The van der Waals surface area contributed by atoms with Crippen LogP contribution in [0.2, 0.25) is 0 Å². The van der Waals surface area contributed by atoms with Gasteiger partial charge in [0.2, 0.25) is 0 Å². The summed E-state index contributed by atoms with van der Waals surface area (Å²) in [6.45, 7) is 2.66. The molecule has 0 atom stereocenters. The standard InChI is InChI=1S/C24H23N3O3S/c1-2-12-26(15-18-10-6-7-11-21(18)28)22(29)20-14-25-24-27(23(20)30)16-19(31-24)13-17-8-4-3-5-9-17/h3-11,14,16,28H,2,12-13,15H2,1H3. The van der Waals surface area contributed by atoms with Gasteiger partial charge in [-0.2, -0.15) is 0 Å². The smallest absolute Gasteiger partial charge is 0.271 e. The first-order valence-electron chi connectivity index (χ1n) is 10.2. The monoisotopic (exact) mass is 433 g/mol. The summed E-state index contributed by atoms with van der Waals surface area (Å²) in [4.78, 5) is 33.8. The number of benzene rings is 2. The third kappa shape index (κ3) is 4.51. The highest BCUT2D eigenvalue weighted by molar-refractivity contribution is 7.17. The third-order valence-corrected chi connectivity index (χ3v) is 6.04. The molecule has 7 heteroatoms. The molecule has 2 aromatic carbocycles. The van der Waals surface area contributed by atoms with Crippen molar-refractivity contribution in [3.05, 3.63) is 98.9 Å². The number of para-hydroxylation sites is 1. The van der Waals surface area contributed by atoms with E-state index in [4.69, 9.17) is 0 Å². The highest BCUT2D eigenvalue weighted by Crippen LogP contribution is 2.21. The maximum Gasteiger partial charge on any atom is 0.271 e. The van der Waals surface area contributed by atoms with Crippen molar-refractivity contribution in [2.24, 2.45) is 0 Å². The number of carbonyl (C=O) groups excluding carboxylic acids is 1. The van der Waals surface area contributed by atoms with Crippen molar-refractivity contribution in [3.8, 4) is 5.75 Å². The molecule has 0 saturated carbocycles. The molecule has 0 unspecified atom stereocenters. The molecular formula is C24H23N3O3S. The molecule has 6 nitrogen and oxygen atoms in total. The number of aromatic nitrogens is 2. The lowest BCUT2D eigenvalue weighted by atomic mass is 10.1. The average Bonchev–Trinajstić information content (AvgIpc) is 3.19. The predicted octanol–water partition coefficient (Wildman–Crippen LogP) is 4.10. The zero-order chi connectivity index (χ0) is 21.8. The van der Waals surface area contributed by atoms with E-state index in [2.05, 4.69) is 4.98 Å². The molecule has 1 amide bonds. The number of carbonyl (C=O) groups is 1. The second-order valence-corrected chi connectivity index (χ2v) is 8.44. The van der Waals surface area contributed by atoms with Gasteiger partial charge in [0.1, 0.15) is 11.3 Å². The van der Waals surface area contributed by atoms with E-state index >= 15 is 0 Å². The Morgan fingerprint density at radius 1 is 1.13 bits per heavy atom. The summed E-state index contributed by atoms with van der Waals surface area (Å²) in [5.74, 6) is -0.252. The highest BCUT2D eigenvalue weighted by atomic mass is 32.1. The van der Waals surface area contributed by atoms with Crippen LogP contribution in [0.3, 0.4) is 0 Å². The Hall–Kier alpha value is -3.45. The largest absolute Gasteiger partial charge is 0.508 e. The molecule has 2 aromatic heterocycles. The Kier molecular flexibility index (Phi) is 6.13. The van der Waals surface area contributed by atoms with Gasteiger partial charge in [-0.15, -0.1) is 11.3 Å². The molecule has 0 aliphatic heterocycles. The molecular weight excluding hydrogens is 410 g/mol. The lowest BCUT2D eigenvalue weighted by Gasteiger charge is -2.22. The van der Waals surface area contributed by atoms with Crippen LogP contribution >= 0.6 is 11.3 Å². The van der Waals surface area contributed by atoms with Gasteiger partial charge in [-0.05, 0) is 18.1 Å². The van der Waals surface area contributed by atoms with Crippen LogP contribution in [0.4, 0.5) is 0 Å². The van der Waals surface area contributed by atoms with Gasteiger partial charge in [-0.25, -0.2) is 4.98 Å². The fraction of sp³-hybridized carbons (Fsp3) is 0.208. The number of hydrogen-bond donors (Lipinski definition) is 1. The summed E-state index contributed by atoms with van der Waals surface area (Å²) in [6, 6.07) is 16.9. The van der Waals surface area contributed by atoms with E-state index in [-0.39, 0.29) is 29.3 Å². The zero-order valence-electron chi connectivity index (χ0n) is 17.2. The number of amides is 1. The number of thiazole rings is 1. The van der Waals surface area contributed by atoms with Gasteiger partial charge < -0.3 is 10.0 Å². The molecule has 0 aliphatic rings. The van der Waals surface area contributed by atoms with E-state index in [1.165, 1.54) is 21.9 Å². The molecule has 4 rings (SSSR count). The van der Waals surface area contributed by atoms with Crippen molar-refractivity contribution in [2.45, 2.75) is 26.3 Å². The van der Waals surface area contributed by atoms with Gasteiger partial charge in [0.15, 0.2) is 4.96 Å². The van der Waals surface area contributed by atoms with E-state index in [9.17, 15) is 14.7 Å². The summed E-state index contributed by atoms with van der Waals surface area (Å²) in [5.41, 5.74) is 1.45. The summed E-state index contributed by atoms with van der Waals surface area (Å²) < 4.78 is 1.46. The van der Waals surface area contributed by atoms with E-state index in [0.717, 1.165) is 16.9 Å². The molecule has 158 valence electrons. The van der Waals surface area contributed by atoms with Crippen LogP contribution in [0.25, 0.3) is 4.96 Å². The number of phenols is 1. The van der Waals surface area contributed by atoms with Gasteiger partial charge in [-0.1, -0.05) is 55.5 Å². The van der Waals surface area contributed by atoms with Crippen LogP contribution in [-0.4, -0.2) is 31.8 Å². The first-order chi connectivity index (χ1) is 15.1. The van der Waals surface area contributed by atoms with Crippen molar-refractivity contribution in [1.82, 2.24) is 14.3 Å². The molecule has 31 heavy (non-hydrogen) atoms. The first-order valence-corrected chi connectivity index (χ1v) is 11.0. The van der Waals surface area contributed by atoms with Crippen LogP contribution < -0.4 is 5.56 Å². The minimum Gasteiger partial charge on any atom is -0.508 e. The first kappa shape index (κ1) is 20.8. The van der Waals surface area contributed by atoms with Crippen molar-refractivity contribution in [2.75, 3.05) is 6.54 Å². The number of fused-ring (bicyclic) bond motifs is 1. The highest BCUT2D eigenvalue weighted by Gasteiger charge is 2.21. The van der Waals surface area contributed by atoms with E-state index in [1.54, 1.807) is 29.3 Å². The Balaban J connectivity index is 1.64. The Morgan fingerprint density at radius 3 is 2.61 bits per heavy atom. The van der Waals surface area contributed by atoms with Crippen molar-refractivity contribution in [1.29, 1.82) is 0 Å². The van der Waals surface area contributed by atoms with Gasteiger partial charge in [-0.3, -0.25) is 14.0 Å². The lowest BCUT2D eigenvalue weighted by molar-refractivity contribution is 0.0740. The molecule has 0 radical (unpaired) electrons. The van der Waals surface area contributed by atoms with E-state index in [1.807, 2.05) is 43.3 Å². The molecule has 0 aliphatic carbocycles. The minimum atomic E-state index is -0.382. The van der Waals surface area contributed by atoms with Crippen molar-refractivity contribution in [3.63, 3.8) is 0 Å². The second-order valence-electron chi connectivity index (χ2n) is 7.34. The average molecular weight is 434 g/mol. The normalized spacial score (nSPS) is 11.0. The van der Waals surface area contributed by atoms with Crippen LogP contribution in [0, 0.1) is 0 Å². The summed E-state index contributed by atoms with van der Waals surface area (Å²) in [5, 5.41) is 10.1. The molecule has 0 fully saturated rings. The van der Waals surface area contributed by atoms with Crippen LogP contribution in [0.15, 0.2) is 71.8 Å². The van der Waals surface area contributed by atoms with Gasteiger partial charge in [0.25, 0.3) is 11.5 Å². The Morgan fingerprint density at radius 2 is 1.87 bits per heavy atom. The predicted molar refractivity (Wildman–Crippen MR) is 122 cm³/mol. The van der Waals surface area contributed by atoms with E-state index in [0.29, 0.717) is 23.5 Å². The fourth-order valence-electron chi connectivity index (χ4n) is 3.50. The maximum absolute atomic E-state index is 13.2. The topological polar surface area (TPSA) is 74.9 Å². The molecule has 0 spiro atoms. The number of phenolic OH excluding ortho intramolecular Hbond substituents is 1. The summed E-state index contributed by atoms with van der Waals surface area (Å²) in [6.07, 6.45) is 4.57. The van der Waals surface area contributed by atoms with Crippen molar-refractivity contribution >= 4 is 22.2 Å². The zero-order valence-corrected chi connectivity index (χ0v) is 18.0.